The van der Waals surface area contributed by atoms with E-state index in [4.69, 9.17) is 0 Å². The van der Waals surface area contributed by atoms with Gasteiger partial charge in [-0.2, -0.15) is 0 Å². The fraction of sp³-hybridized carbons (Fsp3) is 0.500. The second-order valence-electron chi connectivity index (χ2n) is 3.88. The van der Waals surface area contributed by atoms with E-state index in [1.807, 2.05) is 12.1 Å². The van der Waals surface area contributed by atoms with Crippen LogP contribution in [0.2, 0.25) is 0 Å². The van der Waals surface area contributed by atoms with E-state index in [1.54, 1.807) is 6.07 Å². The Morgan fingerprint density at radius 3 is 2.87 bits per heavy atom. The molecule has 0 amide bonds. The summed E-state index contributed by atoms with van der Waals surface area (Å²) in [6.07, 6.45) is 1.10. The molecule has 15 heavy (non-hydrogen) atoms. The summed E-state index contributed by atoms with van der Waals surface area (Å²) in [4.78, 5) is 2.15. The number of rotatable bonds is 3. The second kappa shape index (κ2) is 4.62. The van der Waals surface area contributed by atoms with Crippen LogP contribution in [0.1, 0.15) is 13.3 Å². The van der Waals surface area contributed by atoms with Crippen molar-refractivity contribution in [1.29, 1.82) is 0 Å². The van der Waals surface area contributed by atoms with Gasteiger partial charge in [0.05, 0.1) is 5.69 Å². The summed E-state index contributed by atoms with van der Waals surface area (Å²) in [5.41, 5.74) is 0.730. The predicted octanol–water partition coefficient (Wildman–Crippen LogP) is 2.01. The second-order valence-corrected chi connectivity index (χ2v) is 3.88. The van der Waals surface area contributed by atoms with Crippen LogP contribution in [-0.2, 0) is 0 Å². The Morgan fingerprint density at radius 1 is 1.47 bits per heavy atom. The van der Waals surface area contributed by atoms with Crippen LogP contribution in [0.3, 0.4) is 0 Å². The molecule has 1 aromatic carbocycles. The van der Waals surface area contributed by atoms with E-state index < -0.39 is 0 Å². The van der Waals surface area contributed by atoms with E-state index in [1.165, 1.54) is 6.07 Å². The minimum absolute atomic E-state index is 0.119. The molecular weight excluding hydrogens is 191 g/mol. The van der Waals surface area contributed by atoms with Crippen LogP contribution >= 0.6 is 0 Å². The lowest BCUT2D eigenvalue weighted by atomic mass is 10.2. The summed E-state index contributed by atoms with van der Waals surface area (Å²) < 4.78 is 13.6. The first-order valence-electron chi connectivity index (χ1n) is 5.55. The lowest BCUT2D eigenvalue weighted by Gasteiger charge is -2.29. The summed E-state index contributed by atoms with van der Waals surface area (Å²) in [6.45, 7) is 4.93. The first-order valence-corrected chi connectivity index (χ1v) is 5.55. The standard InChI is InChI=1S/C12H17FN2/c1-2-15(10-7-8-14-9-10)12-6-4-3-5-11(12)13/h3-6,10,14H,2,7-9H2,1H3. The van der Waals surface area contributed by atoms with Crippen molar-refractivity contribution < 1.29 is 4.39 Å². The molecule has 1 aromatic rings. The van der Waals surface area contributed by atoms with Crippen molar-refractivity contribution in [3.63, 3.8) is 0 Å². The van der Waals surface area contributed by atoms with Crippen LogP contribution in [0, 0.1) is 5.82 Å². The highest BCUT2D eigenvalue weighted by atomic mass is 19.1. The number of likely N-dealkylation sites (N-methyl/N-ethyl adjacent to an activating group) is 1. The first kappa shape index (κ1) is 10.4. The molecule has 1 saturated heterocycles. The van der Waals surface area contributed by atoms with Crippen LogP contribution in [0.5, 0.6) is 0 Å². The van der Waals surface area contributed by atoms with Crippen molar-refractivity contribution in [3.05, 3.63) is 30.1 Å². The maximum atomic E-state index is 13.6. The zero-order chi connectivity index (χ0) is 10.7. The van der Waals surface area contributed by atoms with E-state index in [2.05, 4.69) is 17.1 Å². The van der Waals surface area contributed by atoms with Crippen molar-refractivity contribution in [2.75, 3.05) is 24.5 Å². The van der Waals surface area contributed by atoms with Crippen LogP contribution < -0.4 is 10.2 Å². The molecular formula is C12H17FN2. The Kier molecular flexibility index (Phi) is 3.21. The molecule has 0 bridgehead atoms. The van der Waals surface area contributed by atoms with Crippen LogP contribution in [0.4, 0.5) is 10.1 Å². The van der Waals surface area contributed by atoms with E-state index in [0.717, 1.165) is 31.7 Å². The van der Waals surface area contributed by atoms with Gasteiger partial charge in [0.1, 0.15) is 5.82 Å². The normalized spacial score (nSPS) is 20.5. The number of hydrogen-bond acceptors (Lipinski definition) is 2. The van der Waals surface area contributed by atoms with Gasteiger partial charge in [-0.25, -0.2) is 4.39 Å². The van der Waals surface area contributed by atoms with Crippen molar-refractivity contribution in [2.24, 2.45) is 0 Å². The van der Waals surface area contributed by atoms with Gasteiger partial charge in [0.25, 0.3) is 0 Å². The van der Waals surface area contributed by atoms with Gasteiger partial charge in [-0.1, -0.05) is 12.1 Å². The van der Waals surface area contributed by atoms with Crippen LogP contribution in [-0.4, -0.2) is 25.7 Å². The maximum Gasteiger partial charge on any atom is 0.146 e. The van der Waals surface area contributed by atoms with Gasteiger partial charge in [0.2, 0.25) is 0 Å². The third kappa shape index (κ3) is 2.12. The Hall–Kier alpha value is -1.09. The zero-order valence-electron chi connectivity index (χ0n) is 9.04. The number of benzene rings is 1. The van der Waals surface area contributed by atoms with Crippen molar-refractivity contribution in [1.82, 2.24) is 5.32 Å². The molecule has 2 rings (SSSR count). The van der Waals surface area contributed by atoms with Gasteiger partial charge >= 0.3 is 0 Å². The van der Waals surface area contributed by atoms with Crippen molar-refractivity contribution in [2.45, 2.75) is 19.4 Å². The molecule has 3 heteroatoms. The smallest absolute Gasteiger partial charge is 0.146 e. The lowest BCUT2D eigenvalue weighted by molar-refractivity contribution is 0.590. The molecule has 82 valence electrons. The zero-order valence-corrected chi connectivity index (χ0v) is 9.04. The minimum Gasteiger partial charge on any atom is -0.365 e. The fourth-order valence-corrected chi connectivity index (χ4v) is 2.22. The third-order valence-corrected chi connectivity index (χ3v) is 2.98. The number of hydrogen-bond donors (Lipinski definition) is 1. The molecule has 1 aliphatic rings. The highest BCUT2D eigenvalue weighted by Gasteiger charge is 2.22. The molecule has 0 spiro atoms. The highest BCUT2D eigenvalue weighted by molar-refractivity contribution is 5.48. The summed E-state index contributed by atoms with van der Waals surface area (Å²) in [7, 11) is 0. The molecule has 0 aromatic heterocycles. The first-order chi connectivity index (χ1) is 7.33. The lowest BCUT2D eigenvalue weighted by Crippen LogP contribution is -2.37. The topological polar surface area (TPSA) is 15.3 Å². The number of anilines is 1. The van der Waals surface area contributed by atoms with Crippen molar-refractivity contribution >= 4 is 5.69 Å². The van der Waals surface area contributed by atoms with Crippen molar-refractivity contribution in [3.8, 4) is 0 Å². The summed E-state index contributed by atoms with van der Waals surface area (Å²) in [6, 6.07) is 7.45. The van der Waals surface area contributed by atoms with E-state index >= 15 is 0 Å². The molecule has 0 aliphatic carbocycles. The third-order valence-electron chi connectivity index (χ3n) is 2.98. The van der Waals surface area contributed by atoms with Gasteiger partial charge in [-0.3, -0.25) is 0 Å². The Bertz CT molecular complexity index is 321. The van der Waals surface area contributed by atoms with E-state index in [-0.39, 0.29) is 5.82 Å². The molecule has 1 fully saturated rings. The Labute approximate surface area is 90.1 Å². The fourth-order valence-electron chi connectivity index (χ4n) is 2.22. The van der Waals surface area contributed by atoms with Gasteiger partial charge in [0.15, 0.2) is 0 Å². The number of halogens is 1. The monoisotopic (exact) mass is 208 g/mol. The van der Waals surface area contributed by atoms with Gasteiger partial charge in [0, 0.05) is 19.1 Å². The number of nitrogens with one attached hydrogen (secondary N) is 1. The molecule has 1 atom stereocenters. The predicted molar refractivity (Wildman–Crippen MR) is 60.7 cm³/mol. The molecule has 0 radical (unpaired) electrons. The number of para-hydroxylation sites is 1. The van der Waals surface area contributed by atoms with E-state index in [9.17, 15) is 4.39 Å². The Balaban J connectivity index is 2.22. The number of nitrogens with zero attached hydrogens (tertiary/aromatic N) is 1. The summed E-state index contributed by atoms with van der Waals surface area (Å²) in [5.74, 6) is -0.119. The molecule has 1 N–H and O–H groups in total. The minimum atomic E-state index is -0.119. The Morgan fingerprint density at radius 2 is 2.27 bits per heavy atom. The largest absolute Gasteiger partial charge is 0.365 e. The average molecular weight is 208 g/mol. The highest BCUT2D eigenvalue weighted by Crippen LogP contribution is 2.22. The molecule has 1 aliphatic heterocycles. The molecule has 1 unspecified atom stereocenters. The quantitative estimate of drug-likeness (QED) is 0.817. The molecule has 2 nitrogen and oxygen atoms in total. The average Bonchev–Trinajstić information content (AvgIpc) is 2.75. The van der Waals surface area contributed by atoms with Crippen LogP contribution in [0.15, 0.2) is 24.3 Å². The van der Waals surface area contributed by atoms with Gasteiger partial charge < -0.3 is 10.2 Å². The van der Waals surface area contributed by atoms with E-state index in [0.29, 0.717) is 6.04 Å². The summed E-state index contributed by atoms with van der Waals surface area (Å²) in [5, 5.41) is 3.31. The summed E-state index contributed by atoms with van der Waals surface area (Å²) >= 11 is 0. The van der Waals surface area contributed by atoms with Gasteiger partial charge in [-0.05, 0) is 32.0 Å². The SMILES string of the molecule is CCN(c1ccccc1F)C1CCNC1. The van der Waals surface area contributed by atoms with Gasteiger partial charge in [-0.15, -0.1) is 0 Å². The maximum absolute atomic E-state index is 13.6. The van der Waals surface area contributed by atoms with Crippen LogP contribution in [0.25, 0.3) is 0 Å². The molecule has 0 saturated carbocycles. The molecule has 1 heterocycles.